The van der Waals surface area contributed by atoms with Crippen molar-refractivity contribution in [3.8, 4) is 17.1 Å². The van der Waals surface area contributed by atoms with Crippen LogP contribution in [0.3, 0.4) is 0 Å². The van der Waals surface area contributed by atoms with Crippen molar-refractivity contribution in [1.82, 2.24) is 20.3 Å². The van der Waals surface area contributed by atoms with Gasteiger partial charge >= 0.3 is 0 Å². The highest BCUT2D eigenvalue weighted by molar-refractivity contribution is 7.99. The number of aromatic amines is 1. The van der Waals surface area contributed by atoms with Gasteiger partial charge in [-0.1, -0.05) is 16.9 Å². The lowest BCUT2D eigenvalue weighted by atomic mass is 10.2. The zero-order valence-electron chi connectivity index (χ0n) is 13.8. The Kier molecular flexibility index (Phi) is 5.34. The van der Waals surface area contributed by atoms with Crippen molar-refractivity contribution < 1.29 is 14.1 Å². The molecular formula is C16H17N5O3S. The van der Waals surface area contributed by atoms with Gasteiger partial charge in [-0.05, 0) is 31.2 Å². The normalized spacial score (nSPS) is 10.6. The van der Waals surface area contributed by atoms with E-state index in [1.54, 1.807) is 20.1 Å². The zero-order chi connectivity index (χ0) is 17.6. The van der Waals surface area contributed by atoms with Gasteiger partial charge < -0.3 is 14.6 Å². The van der Waals surface area contributed by atoms with Crippen molar-refractivity contribution in [1.29, 1.82) is 0 Å². The number of ether oxygens (including phenoxy) is 1. The van der Waals surface area contributed by atoms with E-state index < -0.39 is 0 Å². The van der Waals surface area contributed by atoms with Gasteiger partial charge in [-0.25, -0.2) is 4.98 Å². The van der Waals surface area contributed by atoms with E-state index in [2.05, 4.69) is 25.7 Å². The van der Waals surface area contributed by atoms with Crippen LogP contribution in [0, 0.1) is 6.92 Å². The van der Waals surface area contributed by atoms with Gasteiger partial charge in [-0.3, -0.25) is 9.89 Å². The maximum atomic E-state index is 11.8. The van der Waals surface area contributed by atoms with E-state index in [1.165, 1.54) is 11.8 Å². The van der Waals surface area contributed by atoms with Gasteiger partial charge in [0.05, 0.1) is 7.11 Å². The largest absolute Gasteiger partial charge is 0.497 e. The van der Waals surface area contributed by atoms with Crippen molar-refractivity contribution in [2.75, 3.05) is 18.2 Å². The van der Waals surface area contributed by atoms with Crippen molar-refractivity contribution in [3.05, 3.63) is 36.1 Å². The van der Waals surface area contributed by atoms with Gasteiger partial charge in [0.2, 0.25) is 11.1 Å². The molecular weight excluding hydrogens is 342 g/mol. The molecule has 0 aliphatic heterocycles. The minimum Gasteiger partial charge on any atom is -0.497 e. The maximum Gasteiger partial charge on any atom is 0.226 e. The predicted molar refractivity (Wildman–Crippen MR) is 93.6 cm³/mol. The van der Waals surface area contributed by atoms with Crippen LogP contribution in [0.25, 0.3) is 11.4 Å². The third-order valence-corrected chi connectivity index (χ3v) is 4.13. The summed E-state index contributed by atoms with van der Waals surface area (Å²) >= 11 is 1.40. The Morgan fingerprint density at radius 3 is 2.84 bits per heavy atom. The Bertz CT molecular complexity index is 844. The Hall–Kier alpha value is -2.81. The van der Waals surface area contributed by atoms with Crippen LogP contribution in [0.4, 0.5) is 5.82 Å². The minimum absolute atomic E-state index is 0.133. The summed E-state index contributed by atoms with van der Waals surface area (Å²) in [4.78, 5) is 16.2. The number of thioether (sulfide) groups is 1. The topological polar surface area (TPSA) is 106 Å². The fourth-order valence-corrected chi connectivity index (χ4v) is 2.79. The number of H-pyrrole nitrogens is 1. The molecule has 0 radical (unpaired) electrons. The Morgan fingerprint density at radius 1 is 1.36 bits per heavy atom. The second kappa shape index (κ2) is 7.84. The van der Waals surface area contributed by atoms with Gasteiger partial charge in [0.1, 0.15) is 11.5 Å². The summed E-state index contributed by atoms with van der Waals surface area (Å²) < 4.78 is 10.0. The molecule has 130 valence electrons. The first-order valence-corrected chi connectivity index (χ1v) is 8.55. The van der Waals surface area contributed by atoms with Crippen LogP contribution in [0.2, 0.25) is 0 Å². The number of nitrogens with zero attached hydrogens (tertiary/aromatic N) is 3. The number of carbonyl (C=O) groups is 1. The molecule has 2 heterocycles. The molecule has 0 unspecified atom stereocenters. The van der Waals surface area contributed by atoms with Crippen LogP contribution in [0.15, 0.2) is 40.0 Å². The van der Waals surface area contributed by atoms with Crippen LogP contribution in [0.1, 0.15) is 12.2 Å². The highest BCUT2D eigenvalue weighted by atomic mass is 32.2. The summed E-state index contributed by atoms with van der Waals surface area (Å²) in [5.74, 6) is 2.96. The number of hydrogen-bond donors (Lipinski definition) is 2. The molecule has 0 saturated heterocycles. The number of rotatable bonds is 7. The molecule has 1 aromatic carbocycles. The molecule has 0 saturated carbocycles. The molecule has 1 amide bonds. The van der Waals surface area contributed by atoms with E-state index in [1.807, 2.05) is 24.3 Å². The monoisotopic (exact) mass is 359 g/mol. The summed E-state index contributed by atoms with van der Waals surface area (Å²) in [6.07, 6.45) is 0.322. The molecule has 0 spiro atoms. The van der Waals surface area contributed by atoms with Gasteiger partial charge in [0.15, 0.2) is 11.6 Å². The average Bonchev–Trinajstić information content (AvgIpc) is 3.24. The summed E-state index contributed by atoms with van der Waals surface area (Å²) in [7, 11) is 1.62. The predicted octanol–water partition coefficient (Wildman–Crippen LogP) is 2.90. The molecule has 9 heteroatoms. The SMILES string of the molecule is COc1ccc(-c2nc(SCCC(=O)Nc3cc(C)on3)n[nH]2)cc1. The second-order valence-corrected chi connectivity index (χ2v) is 6.23. The smallest absolute Gasteiger partial charge is 0.226 e. The summed E-state index contributed by atoms with van der Waals surface area (Å²) in [5.41, 5.74) is 0.916. The number of anilines is 1. The molecule has 0 bridgehead atoms. The quantitative estimate of drug-likeness (QED) is 0.625. The van der Waals surface area contributed by atoms with Crippen molar-refractivity contribution >= 4 is 23.5 Å². The van der Waals surface area contributed by atoms with Gasteiger partial charge in [-0.15, -0.1) is 5.10 Å². The Balaban J connectivity index is 1.48. The van der Waals surface area contributed by atoms with Gasteiger partial charge in [0, 0.05) is 23.8 Å². The average molecular weight is 359 g/mol. The number of aryl methyl sites for hydroxylation is 1. The van der Waals surface area contributed by atoms with Crippen molar-refractivity contribution in [2.24, 2.45) is 0 Å². The number of aromatic nitrogens is 4. The number of carbonyl (C=O) groups excluding carboxylic acids is 1. The van der Waals surface area contributed by atoms with E-state index >= 15 is 0 Å². The maximum absolute atomic E-state index is 11.8. The fraction of sp³-hybridized carbons (Fsp3) is 0.250. The first-order chi connectivity index (χ1) is 12.1. The van der Waals surface area contributed by atoms with Crippen LogP contribution in [-0.4, -0.2) is 39.1 Å². The number of methoxy groups -OCH3 is 1. The highest BCUT2D eigenvalue weighted by Gasteiger charge is 2.09. The molecule has 2 N–H and O–H groups in total. The standard InChI is InChI=1S/C16H17N5O3S/c1-10-9-13(21-24-10)17-14(22)7-8-25-16-18-15(19-20-16)11-3-5-12(23-2)6-4-11/h3-6,9H,7-8H2,1-2H3,(H,17,21,22)(H,18,19,20). The van der Waals surface area contributed by atoms with Gasteiger partial charge in [0.25, 0.3) is 0 Å². The minimum atomic E-state index is -0.133. The lowest BCUT2D eigenvalue weighted by Crippen LogP contribution is -2.12. The van der Waals surface area contributed by atoms with E-state index in [9.17, 15) is 4.79 Å². The molecule has 0 fully saturated rings. The third-order valence-electron chi connectivity index (χ3n) is 3.28. The van der Waals surface area contributed by atoms with E-state index in [4.69, 9.17) is 9.26 Å². The highest BCUT2D eigenvalue weighted by Crippen LogP contribution is 2.22. The lowest BCUT2D eigenvalue weighted by Gasteiger charge is -2.00. The molecule has 8 nitrogen and oxygen atoms in total. The molecule has 3 rings (SSSR count). The van der Waals surface area contributed by atoms with Gasteiger partial charge in [-0.2, -0.15) is 0 Å². The van der Waals surface area contributed by atoms with E-state index in [0.717, 1.165) is 11.3 Å². The Morgan fingerprint density at radius 2 is 2.16 bits per heavy atom. The van der Waals surface area contributed by atoms with E-state index in [0.29, 0.717) is 34.7 Å². The summed E-state index contributed by atoms with van der Waals surface area (Å²) in [5, 5.41) is 14.0. The zero-order valence-corrected chi connectivity index (χ0v) is 14.6. The van der Waals surface area contributed by atoms with E-state index in [-0.39, 0.29) is 5.91 Å². The number of nitrogens with one attached hydrogen (secondary N) is 2. The second-order valence-electron chi connectivity index (χ2n) is 5.16. The summed E-state index contributed by atoms with van der Waals surface area (Å²) in [6, 6.07) is 9.20. The first-order valence-electron chi connectivity index (χ1n) is 7.57. The molecule has 0 aliphatic rings. The third kappa shape index (κ3) is 4.60. The number of amides is 1. The number of hydrogen-bond acceptors (Lipinski definition) is 7. The number of benzene rings is 1. The molecule has 0 aliphatic carbocycles. The molecule has 0 atom stereocenters. The lowest BCUT2D eigenvalue weighted by molar-refractivity contribution is -0.115. The van der Waals surface area contributed by atoms with Crippen molar-refractivity contribution in [3.63, 3.8) is 0 Å². The van der Waals surface area contributed by atoms with Crippen LogP contribution >= 0.6 is 11.8 Å². The van der Waals surface area contributed by atoms with Crippen LogP contribution in [0.5, 0.6) is 5.75 Å². The molecule has 25 heavy (non-hydrogen) atoms. The first kappa shape index (κ1) is 17.0. The fourth-order valence-electron chi connectivity index (χ4n) is 2.05. The Labute approximate surface area is 148 Å². The summed E-state index contributed by atoms with van der Waals surface area (Å²) in [6.45, 7) is 1.77. The van der Waals surface area contributed by atoms with Crippen molar-refractivity contribution in [2.45, 2.75) is 18.5 Å². The molecule has 3 aromatic rings. The molecule has 2 aromatic heterocycles. The van der Waals surface area contributed by atoms with Crippen LogP contribution < -0.4 is 10.1 Å². The van der Waals surface area contributed by atoms with Crippen LogP contribution in [-0.2, 0) is 4.79 Å².